The molecule has 0 aliphatic heterocycles. The van der Waals surface area contributed by atoms with Crippen molar-refractivity contribution in [2.24, 2.45) is 0 Å². The number of amides is 1. The maximum absolute atomic E-state index is 12.4. The van der Waals surface area contributed by atoms with Crippen LogP contribution in [0.2, 0.25) is 0 Å². The molecular formula is C20H21N3O4S. The van der Waals surface area contributed by atoms with E-state index in [2.05, 4.69) is 15.2 Å². The SMILES string of the molecule is Cc1ccc(S(=O)(=O)Nc2ccc(NC(=O)Cc3c(C)noc3C)cc2)cc1. The quantitative estimate of drug-likeness (QED) is 0.660. The molecule has 28 heavy (non-hydrogen) atoms. The fourth-order valence-corrected chi connectivity index (χ4v) is 3.73. The third-order valence-electron chi connectivity index (χ3n) is 4.27. The number of nitrogens with one attached hydrogen (secondary N) is 2. The molecule has 3 rings (SSSR count). The first kappa shape index (κ1) is 19.6. The molecule has 0 saturated carbocycles. The molecule has 0 radical (unpaired) electrons. The van der Waals surface area contributed by atoms with Crippen LogP contribution in [0, 0.1) is 20.8 Å². The molecule has 8 heteroatoms. The van der Waals surface area contributed by atoms with Crippen molar-refractivity contribution in [2.45, 2.75) is 32.1 Å². The van der Waals surface area contributed by atoms with E-state index in [1.807, 2.05) is 6.92 Å². The smallest absolute Gasteiger partial charge is 0.261 e. The lowest BCUT2D eigenvalue weighted by Gasteiger charge is -2.10. The summed E-state index contributed by atoms with van der Waals surface area (Å²) in [6.45, 7) is 5.44. The molecule has 0 fully saturated rings. The van der Waals surface area contributed by atoms with Crippen molar-refractivity contribution < 1.29 is 17.7 Å². The van der Waals surface area contributed by atoms with E-state index >= 15 is 0 Å². The van der Waals surface area contributed by atoms with Gasteiger partial charge in [-0.25, -0.2) is 8.42 Å². The van der Waals surface area contributed by atoms with Crippen LogP contribution in [0.1, 0.15) is 22.6 Å². The van der Waals surface area contributed by atoms with E-state index in [0.29, 0.717) is 22.8 Å². The van der Waals surface area contributed by atoms with Crippen LogP contribution < -0.4 is 10.0 Å². The highest BCUT2D eigenvalue weighted by atomic mass is 32.2. The molecule has 0 aliphatic carbocycles. The molecule has 0 unspecified atom stereocenters. The van der Waals surface area contributed by atoms with Gasteiger partial charge in [-0.05, 0) is 57.2 Å². The number of aryl methyl sites for hydroxylation is 3. The molecule has 3 aromatic rings. The van der Waals surface area contributed by atoms with Gasteiger partial charge in [0, 0.05) is 16.9 Å². The number of rotatable bonds is 6. The average Bonchev–Trinajstić information content (AvgIpc) is 2.95. The first-order valence-corrected chi connectivity index (χ1v) is 10.1. The number of anilines is 2. The molecule has 0 bridgehead atoms. The minimum atomic E-state index is -3.66. The van der Waals surface area contributed by atoms with E-state index in [0.717, 1.165) is 11.1 Å². The van der Waals surface area contributed by atoms with Gasteiger partial charge in [-0.2, -0.15) is 0 Å². The van der Waals surface area contributed by atoms with E-state index in [4.69, 9.17) is 4.52 Å². The average molecular weight is 399 g/mol. The summed E-state index contributed by atoms with van der Waals surface area (Å²) in [5.41, 5.74) is 3.41. The maximum Gasteiger partial charge on any atom is 0.261 e. The van der Waals surface area contributed by atoms with Crippen LogP contribution in [0.5, 0.6) is 0 Å². The minimum absolute atomic E-state index is 0.156. The van der Waals surface area contributed by atoms with E-state index in [9.17, 15) is 13.2 Å². The van der Waals surface area contributed by atoms with Crippen molar-refractivity contribution in [2.75, 3.05) is 10.0 Å². The standard InChI is InChI=1S/C20H21N3O4S/c1-13-4-10-18(11-5-13)28(25,26)23-17-8-6-16(7-9-17)21-20(24)12-19-14(2)22-27-15(19)3/h4-11,23H,12H2,1-3H3,(H,21,24). The van der Waals surface area contributed by atoms with Crippen molar-refractivity contribution in [3.63, 3.8) is 0 Å². The first-order valence-electron chi connectivity index (χ1n) is 8.66. The molecule has 1 amide bonds. The van der Waals surface area contributed by atoms with Gasteiger partial charge >= 0.3 is 0 Å². The summed E-state index contributed by atoms with van der Waals surface area (Å²) >= 11 is 0. The summed E-state index contributed by atoms with van der Waals surface area (Å²) in [5, 5.41) is 6.61. The Morgan fingerprint density at radius 3 is 2.14 bits per heavy atom. The second-order valence-corrected chi connectivity index (χ2v) is 8.21. The minimum Gasteiger partial charge on any atom is -0.361 e. The van der Waals surface area contributed by atoms with Crippen molar-refractivity contribution in [1.29, 1.82) is 0 Å². The molecule has 0 atom stereocenters. The lowest BCUT2D eigenvalue weighted by molar-refractivity contribution is -0.115. The number of aromatic nitrogens is 1. The molecule has 1 aromatic heterocycles. The van der Waals surface area contributed by atoms with Crippen molar-refractivity contribution >= 4 is 27.3 Å². The molecule has 146 valence electrons. The fraction of sp³-hybridized carbons (Fsp3) is 0.200. The molecule has 0 aliphatic rings. The van der Waals surface area contributed by atoms with Crippen LogP contribution in [-0.4, -0.2) is 19.5 Å². The molecular weight excluding hydrogens is 378 g/mol. The molecule has 1 heterocycles. The molecule has 2 aromatic carbocycles. The van der Waals surface area contributed by atoms with E-state index in [1.165, 1.54) is 0 Å². The van der Waals surface area contributed by atoms with Crippen LogP contribution in [-0.2, 0) is 21.2 Å². The monoisotopic (exact) mass is 399 g/mol. The van der Waals surface area contributed by atoms with Gasteiger partial charge in [0.25, 0.3) is 10.0 Å². The van der Waals surface area contributed by atoms with Crippen molar-refractivity contribution in [1.82, 2.24) is 5.16 Å². The summed E-state index contributed by atoms with van der Waals surface area (Å²) in [6.07, 6.45) is 0.156. The van der Waals surface area contributed by atoms with Crippen LogP contribution in [0.25, 0.3) is 0 Å². The second-order valence-electron chi connectivity index (χ2n) is 6.52. The zero-order valence-corrected chi connectivity index (χ0v) is 16.6. The van der Waals surface area contributed by atoms with E-state index in [-0.39, 0.29) is 17.2 Å². The number of hydrogen-bond donors (Lipinski definition) is 2. The summed E-state index contributed by atoms with van der Waals surface area (Å²) in [6, 6.07) is 13.1. The Bertz CT molecular complexity index is 1070. The van der Waals surface area contributed by atoms with E-state index < -0.39 is 10.0 Å². The van der Waals surface area contributed by atoms with Gasteiger partial charge in [0.1, 0.15) is 5.76 Å². The maximum atomic E-state index is 12.4. The Balaban J connectivity index is 1.65. The summed E-state index contributed by atoms with van der Waals surface area (Å²) < 4.78 is 32.4. The van der Waals surface area contributed by atoms with Gasteiger partial charge in [0.05, 0.1) is 17.0 Å². The van der Waals surface area contributed by atoms with Crippen LogP contribution >= 0.6 is 0 Å². The topological polar surface area (TPSA) is 101 Å². The summed E-state index contributed by atoms with van der Waals surface area (Å²) in [4.78, 5) is 12.4. The highest BCUT2D eigenvalue weighted by Gasteiger charge is 2.15. The predicted molar refractivity (Wildman–Crippen MR) is 107 cm³/mol. The Hall–Kier alpha value is -3.13. The third-order valence-corrected chi connectivity index (χ3v) is 5.67. The van der Waals surface area contributed by atoms with Gasteiger partial charge in [-0.1, -0.05) is 22.9 Å². The Morgan fingerprint density at radius 1 is 0.964 bits per heavy atom. The van der Waals surface area contributed by atoms with Crippen LogP contribution in [0.4, 0.5) is 11.4 Å². The number of hydrogen-bond acceptors (Lipinski definition) is 5. The largest absolute Gasteiger partial charge is 0.361 e. The second kappa shape index (κ2) is 7.85. The normalized spacial score (nSPS) is 11.2. The molecule has 0 saturated heterocycles. The Kier molecular flexibility index (Phi) is 5.51. The van der Waals surface area contributed by atoms with Crippen molar-refractivity contribution in [3.8, 4) is 0 Å². The van der Waals surface area contributed by atoms with Gasteiger partial charge in [0.2, 0.25) is 5.91 Å². The summed E-state index contributed by atoms with van der Waals surface area (Å²) in [5.74, 6) is 0.413. The number of carbonyl (C=O) groups excluding carboxylic acids is 1. The lowest BCUT2D eigenvalue weighted by Crippen LogP contribution is -2.15. The highest BCUT2D eigenvalue weighted by Crippen LogP contribution is 2.19. The van der Waals surface area contributed by atoms with Gasteiger partial charge < -0.3 is 9.84 Å². The number of carbonyl (C=O) groups is 1. The number of benzene rings is 2. The Labute approximate surface area is 163 Å². The Morgan fingerprint density at radius 2 is 1.57 bits per heavy atom. The highest BCUT2D eigenvalue weighted by molar-refractivity contribution is 7.92. The summed E-state index contributed by atoms with van der Waals surface area (Å²) in [7, 11) is -3.66. The van der Waals surface area contributed by atoms with Crippen molar-refractivity contribution in [3.05, 3.63) is 71.1 Å². The zero-order chi connectivity index (χ0) is 20.3. The predicted octanol–water partition coefficient (Wildman–Crippen LogP) is 3.58. The van der Waals surface area contributed by atoms with Crippen LogP contribution in [0.15, 0.2) is 57.9 Å². The fourth-order valence-electron chi connectivity index (χ4n) is 2.67. The molecule has 0 spiro atoms. The van der Waals surface area contributed by atoms with Crippen LogP contribution in [0.3, 0.4) is 0 Å². The van der Waals surface area contributed by atoms with Gasteiger partial charge in [-0.15, -0.1) is 0 Å². The van der Waals surface area contributed by atoms with E-state index in [1.54, 1.807) is 62.4 Å². The third kappa shape index (κ3) is 4.58. The number of sulfonamides is 1. The van der Waals surface area contributed by atoms with Gasteiger partial charge in [0.15, 0.2) is 0 Å². The zero-order valence-electron chi connectivity index (χ0n) is 15.8. The number of nitrogens with zero attached hydrogens (tertiary/aromatic N) is 1. The van der Waals surface area contributed by atoms with Gasteiger partial charge in [-0.3, -0.25) is 9.52 Å². The molecule has 7 nitrogen and oxygen atoms in total. The molecule has 2 N–H and O–H groups in total. The lowest BCUT2D eigenvalue weighted by atomic mass is 10.1. The first-order chi connectivity index (χ1) is 13.2.